The highest BCUT2D eigenvalue weighted by Crippen LogP contribution is 2.35. The van der Waals surface area contributed by atoms with Gasteiger partial charge >= 0.3 is 35.9 Å². The van der Waals surface area contributed by atoms with Crippen molar-refractivity contribution in [1.82, 2.24) is 0 Å². The number of carboxylic acid groups (broad SMARTS) is 2. The molecule has 33 heavy (non-hydrogen) atoms. The summed E-state index contributed by atoms with van der Waals surface area (Å²) in [6.45, 7) is 0. The van der Waals surface area contributed by atoms with E-state index >= 15 is 0 Å². The predicted molar refractivity (Wildman–Crippen MR) is 102 cm³/mol. The van der Waals surface area contributed by atoms with Gasteiger partial charge in [-0.1, -0.05) is 12.1 Å². The molecule has 2 aromatic rings. The second-order valence-corrected chi connectivity index (χ2v) is 6.59. The van der Waals surface area contributed by atoms with Gasteiger partial charge in [0.1, 0.15) is 0 Å². The van der Waals surface area contributed by atoms with Crippen molar-refractivity contribution in [3.63, 3.8) is 0 Å². The summed E-state index contributed by atoms with van der Waals surface area (Å²) >= 11 is 0. The van der Waals surface area contributed by atoms with Crippen molar-refractivity contribution in [1.29, 1.82) is 0 Å². The Bertz CT molecular complexity index is 1270. The molecule has 0 aromatic heterocycles. The van der Waals surface area contributed by atoms with Gasteiger partial charge in [0, 0.05) is 0 Å². The number of rotatable bonds is 2. The zero-order valence-corrected chi connectivity index (χ0v) is 15.9. The van der Waals surface area contributed by atoms with Crippen molar-refractivity contribution >= 4 is 58.9 Å². The Labute approximate surface area is 181 Å². The minimum atomic E-state index is -1.84. The van der Waals surface area contributed by atoms with Gasteiger partial charge in [-0.05, 0) is 24.3 Å². The molecule has 0 atom stereocenters. The van der Waals surface area contributed by atoms with E-state index in [1.807, 2.05) is 0 Å². The average molecular weight is 452 g/mol. The van der Waals surface area contributed by atoms with Crippen LogP contribution in [0.5, 0.6) is 0 Å². The Morgan fingerprint density at radius 2 is 1.00 bits per heavy atom. The molecule has 2 aromatic carbocycles. The quantitative estimate of drug-likeness (QED) is 0.489. The molecule has 0 unspecified atom stereocenters. The first-order chi connectivity index (χ1) is 15.6. The number of anilines is 2. The summed E-state index contributed by atoms with van der Waals surface area (Å²) in [7, 11) is 0. The van der Waals surface area contributed by atoms with Crippen LogP contribution in [0.15, 0.2) is 36.4 Å². The van der Waals surface area contributed by atoms with E-state index in [0.29, 0.717) is 0 Å². The first-order valence-corrected chi connectivity index (χ1v) is 8.82. The molecule has 2 N–H and O–H groups in total. The molecule has 13 nitrogen and oxygen atoms in total. The summed E-state index contributed by atoms with van der Waals surface area (Å²) in [6.07, 6.45) is -3.68. The van der Waals surface area contributed by atoms with Gasteiger partial charge in [0.15, 0.2) is 0 Å². The average Bonchev–Trinajstić information content (AvgIpc) is 3.18. The highest BCUT2D eigenvalue weighted by Gasteiger charge is 2.47. The van der Waals surface area contributed by atoms with Gasteiger partial charge in [-0.25, -0.2) is 29.0 Å². The maximum Gasteiger partial charge on any atom is 0.430 e. The molecule has 0 bridgehead atoms. The van der Waals surface area contributed by atoms with Crippen molar-refractivity contribution < 1.29 is 53.3 Å². The highest BCUT2D eigenvalue weighted by molar-refractivity contribution is 6.58. The number of amides is 4. The van der Waals surface area contributed by atoms with Gasteiger partial charge in [0.2, 0.25) is 0 Å². The topological polar surface area (TPSA) is 193 Å². The van der Waals surface area contributed by atoms with Crippen molar-refractivity contribution in [2.24, 2.45) is 0 Å². The fraction of sp³-hybridized carbons (Fsp3) is 0. The normalized spacial score (nSPS) is 14.3. The molecule has 0 saturated heterocycles. The molecule has 13 heteroatoms. The van der Waals surface area contributed by atoms with Gasteiger partial charge < -0.3 is 14.9 Å². The molecule has 4 amide bonds. The second-order valence-electron chi connectivity index (χ2n) is 6.59. The molecule has 2 aliphatic heterocycles. The van der Waals surface area contributed by atoms with Crippen LogP contribution in [0.4, 0.5) is 21.0 Å². The van der Waals surface area contributed by atoms with Crippen LogP contribution in [0.2, 0.25) is 0 Å². The molecule has 0 saturated carbocycles. The lowest BCUT2D eigenvalue weighted by atomic mass is 10.1. The number of hydrogen-bond acceptors (Lipinski definition) is 9. The number of Topliss-reactive ketones (excluding diaryl/α,β-unsaturated/α-hetero) is 2. The van der Waals surface area contributed by atoms with Crippen LogP contribution in [0.25, 0.3) is 0 Å². The van der Waals surface area contributed by atoms with Gasteiger partial charge in [-0.15, -0.1) is 0 Å². The van der Waals surface area contributed by atoms with E-state index in [9.17, 15) is 48.6 Å². The third-order valence-electron chi connectivity index (χ3n) is 4.80. The Morgan fingerprint density at radius 1 is 0.636 bits per heavy atom. The molecule has 0 fully saturated rings. The molecule has 4 rings (SSSR count). The van der Waals surface area contributed by atoms with Crippen LogP contribution < -0.4 is 9.80 Å². The summed E-state index contributed by atoms with van der Waals surface area (Å²) in [6, 6.07) is 6.46. The van der Waals surface area contributed by atoms with E-state index in [-0.39, 0.29) is 9.80 Å². The van der Waals surface area contributed by atoms with E-state index < -0.39 is 81.1 Å². The SMILES string of the molecule is O=C(O)c1cccc2c1N(C(=O)OC(=O)N1C(=O)C(=O)c3cccc(C(=O)O)c31)C(=O)C2=O. The van der Waals surface area contributed by atoms with Gasteiger partial charge in [-0.2, -0.15) is 0 Å². The van der Waals surface area contributed by atoms with Crippen LogP contribution in [0.1, 0.15) is 41.4 Å². The molecule has 2 aliphatic rings. The first kappa shape index (κ1) is 21.0. The molecule has 164 valence electrons. The Hall–Kier alpha value is -5.20. The molecule has 0 aliphatic carbocycles. The van der Waals surface area contributed by atoms with Crippen LogP contribution in [0.3, 0.4) is 0 Å². The van der Waals surface area contributed by atoms with E-state index in [4.69, 9.17) is 0 Å². The van der Waals surface area contributed by atoms with Crippen molar-refractivity contribution in [3.05, 3.63) is 58.7 Å². The fourth-order valence-electron chi connectivity index (χ4n) is 3.43. The van der Waals surface area contributed by atoms with Crippen LogP contribution in [-0.4, -0.2) is 57.7 Å². The third-order valence-corrected chi connectivity index (χ3v) is 4.80. The van der Waals surface area contributed by atoms with Crippen molar-refractivity contribution in [2.45, 2.75) is 0 Å². The number of ketones is 2. The van der Waals surface area contributed by atoms with Crippen LogP contribution in [0, 0.1) is 0 Å². The van der Waals surface area contributed by atoms with Gasteiger partial charge in [-0.3, -0.25) is 19.2 Å². The highest BCUT2D eigenvalue weighted by atomic mass is 16.6. The number of carbonyl (C=O) groups is 8. The number of para-hydroxylation sites is 2. The number of benzene rings is 2. The van der Waals surface area contributed by atoms with Crippen molar-refractivity contribution in [2.75, 3.05) is 9.80 Å². The summed E-state index contributed by atoms with van der Waals surface area (Å²) in [5, 5.41) is 18.6. The maximum atomic E-state index is 12.6. The number of carbonyl (C=O) groups excluding carboxylic acids is 6. The molecular formula is C20H8N2O11. The van der Waals surface area contributed by atoms with E-state index in [0.717, 1.165) is 36.4 Å². The van der Waals surface area contributed by atoms with Crippen LogP contribution in [-0.2, 0) is 14.3 Å². The largest absolute Gasteiger partial charge is 0.478 e. The van der Waals surface area contributed by atoms with Gasteiger partial charge in [0.05, 0.1) is 33.6 Å². The van der Waals surface area contributed by atoms with E-state index in [2.05, 4.69) is 4.74 Å². The second kappa shape index (κ2) is 7.19. The number of fused-ring (bicyclic) bond motifs is 2. The third kappa shape index (κ3) is 2.95. The van der Waals surface area contributed by atoms with Crippen LogP contribution >= 0.6 is 0 Å². The predicted octanol–water partition coefficient (Wildman–Crippen LogP) is 1.10. The maximum absolute atomic E-state index is 12.6. The fourth-order valence-corrected chi connectivity index (χ4v) is 3.43. The number of nitrogens with zero attached hydrogens (tertiary/aromatic N) is 2. The Balaban J connectivity index is 1.72. The minimum absolute atomic E-state index is 0.00536. The summed E-state index contributed by atoms with van der Waals surface area (Å²) in [4.78, 5) is 97.1. The zero-order valence-electron chi connectivity index (χ0n) is 15.9. The lowest BCUT2D eigenvalue weighted by Crippen LogP contribution is -2.43. The van der Waals surface area contributed by atoms with E-state index in [1.165, 1.54) is 0 Å². The smallest absolute Gasteiger partial charge is 0.430 e. The molecule has 0 radical (unpaired) electrons. The molecule has 2 heterocycles. The lowest BCUT2D eigenvalue weighted by Gasteiger charge is -2.19. The Morgan fingerprint density at radius 3 is 1.33 bits per heavy atom. The molecular weight excluding hydrogens is 444 g/mol. The Kier molecular flexibility index (Phi) is 4.59. The monoisotopic (exact) mass is 452 g/mol. The number of ether oxygens (including phenoxy) is 1. The van der Waals surface area contributed by atoms with Crippen molar-refractivity contribution in [3.8, 4) is 0 Å². The van der Waals surface area contributed by atoms with E-state index in [1.54, 1.807) is 0 Å². The number of hydrogen-bond donors (Lipinski definition) is 2. The number of imide groups is 2. The first-order valence-electron chi connectivity index (χ1n) is 8.82. The standard InChI is InChI=1S/C20H8N2O11/c23-13-7-3-1-5-9(17(27)28)11(7)21(15(13)25)19(31)33-20(32)22-12-8(14(24)16(22)26)4-2-6-10(12)18(29)30/h1-6H,(H,27,28)(H,29,30). The van der Waals surface area contributed by atoms with Gasteiger partial charge in [0.25, 0.3) is 11.6 Å². The number of carboxylic acids is 2. The minimum Gasteiger partial charge on any atom is -0.478 e. The summed E-state index contributed by atoms with van der Waals surface area (Å²) in [5.41, 5.74) is -3.41. The summed E-state index contributed by atoms with van der Waals surface area (Å²) in [5.74, 6) is -8.73. The number of aromatic carboxylic acids is 2. The lowest BCUT2D eigenvalue weighted by molar-refractivity contribution is -0.114. The zero-order chi connectivity index (χ0) is 24.2. The summed E-state index contributed by atoms with van der Waals surface area (Å²) < 4.78 is 4.48. The molecule has 0 spiro atoms.